The molecule has 16 heavy (non-hydrogen) atoms. The molecule has 1 aromatic carbocycles. The van der Waals surface area contributed by atoms with Crippen LogP contribution < -0.4 is 10.5 Å². The number of aryl methyl sites for hydroxylation is 1. The van der Waals surface area contributed by atoms with E-state index in [0.717, 1.165) is 29.3 Å². The largest absolute Gasteiger partial charge is 0.497 e. The van der Waals surface area contributed by atoms with Gasteiger partial charge in [0.1, 0.15) is 17.3 Å². The summed E-state index contributed by atoms with van der Waals surface area (Å²) in [4.78, 5) is 0. The molecule has 2 aromatic rings. The number of hydrogen-bond donors (Lipinski definition) is 1. The summed E-state index contributed by atoms with van der Waals surface area (Å²) in [5.41, 5.74) is 7.51. The number of nitrogen functional groups attached to an aromatic ring is 1. The Morgan fingerprint density at radius 3 is 2.62 bits per heavy atom. The predicted molar refractivity (Wildman–Crippen MR) is 64.5 cm³/mol. The van der Waals surface area contributed by atoms with Crippen LogP contribution in [0, 0.1) is 0 Å². The SMILES string of the molecule is CCc1ccc(-c2ccc(OC)cc2N)o1. The molecule has 0 amide bonds. The van der Waals surface area contributed by atoms with Crippen molar-refractivity contribution in [3.63, 3.8) is 0 Å². The zero-order chi connectivity index (χ0) is 11.5. The van der Waals surface area contributed by atoms with Crippen molar-refractivity contribution in [1.82, 2.24) is 0 Å². The van der Waals surface area contributed by atoms with Crippen molar-refractivity contribution in [2.24, 2.45) is 0 Å². The van der Waals surface area contributed by atoms with Crippen molar-refractivity contribution in [1.29, 1.82) is 0 Å². The van der Waals surface area contributed by atoms with Crippen molar-refractivity contribution >= 4 is 5.69 Å². The highest BCUT2D eigenvalue weighted by Crippen LogP contribution is 2.30. The van der Waals surface area contributed by atoms with Gasteiger partial charge in [-0.25, -0.2) is 0 Å². The average Bonchev–Trinajstić information content (AvgIpc) is 2.77. The van der Waals surface area contributed by atoms with Gasteiger partial charge in [-0.05, 0) is 24.3 Å². The Morgan fingerprint density at radius 1 is 1.25 bits per heavy atom. The molecule has 0 aliphatic carbocycles. The quantitative estimate of drug-likeness (QED) is 0.803. The minimum Gasteiger partial charge on any atom is -0.497 e. The number of rotatable bonds is 3. The van der Waals surface area contributed by atoms with E-state index >= 15 is 0 Å². The number of nitrogens with two attached hydrogens (primary N) is 1. The fraction of sp³-hybridized carbons (Fsp3) is 0.231. The number of methoxy groups -OCH3 is 1. The van der Waals surface area contributed by atoms with E-state index in [0.29, 0.717) is 5.69 Å². The van der Waals surface area contributed by atoms with Crippen LogP contribution >= 0.6 is 0 Å². The van der Waals surface area contributed by atoms with Gasteiger partial charge in [-0.15, -0.1) is 0 Å². The molecule has 1 aromatic heterocycles. The fourth-order valence-corrected chi connectivity index (χ4v) is 1.60. The summed E-state index contributed by atoms with van der Waals surface area (Å²) in [5, 5.41) is 0. The molecule has 0 aliphatic rings. The van der Waals surface area contributed by atoms with Crippen molar-refractivity contribution in [2.75, 3.05) is 12.8 Å². The van der Waals surface area contributed by atoms with Gasteiger partial charge in [0.25, 0.3) is 0 Å². The van der Waals surface area contributed by atoms with Crippen LogP contribution in [0.25, 0.3) is 11.3 Å². The summed E-state index contributed by atoms with van der Waals surface area (Å²) in [6.45, 7) is 2.06. The van der Waals surface area contributed by atoms with Crippen LogP contribution in [0.15, 0.2) is 34.7 Å². The first-order chi connectivity index (χ1) is 7.74. The van der Waals surface area contributed by atoms with Gasteiger partial charge in [-0.2, -0.15) is 0 Å². The molecule has 1 heterocycles. The molecule has 0 bridgehead atoms. The summed E-state index contributed by atoms with van der Waals surface area (Å²) >= 11 is 0. The molecule has 0 spiro atoms. The van der Waals surface area contributed by atoms with Crippen molar-refractivity contribution in [2.45, 2.75) is 13.3 Å². The second-order valence-corrected chi connectivity index (χ2v) is 3.57. The fourth-order valence-electron chi connectivity index (χ4n) is 1.60. The molecule has 84 valence electrons. The van der Waals surface area contributed by atoms with Crippen LogP contribution in [0.4, 0.5) is 5.69 Å². The highest BCUT2D eigenvalue weighted by molar-refractivity contribution is 5.74. The van der Waals surface area contributed by atoms with Gasteiger partial charge in [0.2, 0.25) is 0 Å². The van der Waals surface area contributed by atoms with Crippen LogP contribution in [0.3, 0.4) is 0 Å². The van der Waals surface area contributed by atoms with Crippen molar-refractivity contribution in [3.8, 4) is 17.1 Å². The lowest BCUT2D eigenvalue weighted by Gasteiger charge is -2.05. The Bertz CT molecular complexity index is 488. The van der Waals surface area contributed by atoms with Gasteiger partial charge in [-0.3, -0.25) is 0 Å². The molecule has 0 fully saturated rings. The number of hydrogen-bond acceptors (Lipinski definition) is 3. The third-order valence-corrected chi connectivity index (χ3v) is 2.53. The van der Waals surface area contributed by atoms with Gasteiger partial charge in [0.15, 0.2) is 0 Å². The second kappa shape index (κ2) is 4.31. The van der Waals surface area contributed by atoms with Crippen molar-refractivity contribution < 1.29 is 9.15 Å². The van der Waals surface area contributed by atoms with Crippen LogP contribution in [0.5, 0.6) is 5.75 Å². The van der Waals surface area contributed by atoms with Crippen LogP contribution in [0.1, 0.15) is 12.7 Å². The molecule has 0 saturated heterocycles. The molecule has 3 nitrogen and oxygen atoms in total. The van der Waals surface area contributed by atoms with E-state index in [1.807, 2.05) is 24.3 Å². The summed E-state index contributed by atoms with van der Waals surface area (Å²) in [7, 11) is 1.62. The molecular weight excluding hydrogens is 202 g/mol. The number of anilines is 1. The van der Waals surface area contributed by atoms with Crippen LogP contribution in [-0.2, 0) is 6.42 Å². The molecule has 2 rings (SSSR count). The highest BCUT2D eigenvalue weighted by atomic mass is 16.5. The van der Waals surface area contributed by atoms with E-state index in [1.54, 1.807) is 13.2 Å². The molecule has 0 saturated carbocycles. The predicted octanol–water partition coefficient (Wildman–Crippen LogP) is 3.10. The van der Waals surface area contributed by atoms with Crippen LogP contribution in [-0.4, -0.2) is 7.11 Å². The Balaban J connectivity index is 2.40. The van der Waals surface area contributed by atoms with E-state index in [2.05, 4.69) is 6.92 Å². The van der Waals surface area contributed by atoms with E-state index in [9.17, 15) is 0 Å². The third-order valence-electron chi connectivity index (χ3n) is 2.53. The first-order valence-corrected chi connectivity index (χ1v) is 5.27. The summed E-state index contributed by atoms with van der Waals surface area (Å²) in [6, 6.07) is 9.49. The lowest BCUT2D eigenvalue weighted by molar-refractivity contribution is 0.415. The molecule has 0 atom stereocenters. The summed E-state index contributed by atoms with van der Waals surface area (Å²) < 4.78 is 10.8. The van der Waals surface area contributed by atoms with Crippen LogP contribution in [0.2, 0.25) is 0 Å². The standard InChI is InChI=1S/C13H15NO2/c1-3-9-5-7-13(16-9)11-6-4-10(15-2)8-12(11)14/h4-8H,3,14H2,1-2H3. The molecule has 0 radical (unpaired) electrons. The average molecular weight is 217 g/mol. The second-order valence-electron chi connectivity index (χ2n) is 3.57. The Morgan fingerprint density at radius 2 is 2.06 bits per heavy atom. The lowest BCUT2D eigenvalue weighted by atomic mass is 10.1. The van der Waals surface area contributed by atoms with Gasteiger partial charge in [0, 0.05) is 23.7 Å². The molecule has 3 heteroatoms. The maximum absolute atomic E-state index is 5.94. The smallest absolute Gasteiger partial charge is 0.136 e. The summed E-state index contributed by atoms with van der Waals surface area (Å²) in [5.74, 6) is 2.52. The minimum atomic E-state index is 0.663. The van der Waals surface area contributed by atoms with Gasteiger partial charge in [0.05, 0.1) is 7.11 Å². The monoisotopic (exact) mass is 217 g/mol. The molecule has 2 N–H and O–H groups in total. The van der Waals surface area contributed by atoms with E-state index in [1.165, 1.54) is 0 Å². The van der Waals surface area contributed by atoms with E-state index in [-0.39, 0.29) is 0 Å². The van der Waals surface area contributed by atoms with E-state index < -0.39 is 0 Å². The first kappa shape index (κ1) is 10.6. The Hall–Kier alpha value is -1.90. The number of ether oxygens (including phenoxy) is 1. The normalized spacial score (nSPS) is 10.4. The summed E-state index contributed by atoms with van der Waals surface area (Å²) in [6.07, 6.45) is 0.885. The van der Waals surface area contributed by atoms with Gasteiger partial charge in [-0.1, -0.05) is 6.92 Å². The van der Waals surface area contributed by atoms with Gasteiger partial charge < -0.3 is 14.9 Å². The molecule has 0 aliphatic heterocycles. The highest BCUT2D eigenvalue weighted by Gasteiger charge is 2.08. The van der Waals surface area contributed by atoms with Crippen molar-refractivity contribution in [3.05, 3.63) is 36.1 Å². The van der Waals surface area contributed by atoms with E-state index in [4.69, 9.17) is 14.9 Å². The zero-order valence-corrected chi connectivity index (χ0v) is 9.49. The molecular formula is C13H15NO2. The Labute approximate surface area is 94.8 Å². The zero-order valence-electron chi connectivity index (χ0n) is 9.49. The first-order valence-electron chi connectivity index (χ1n) is 5.27. The van der Waals surface area contributed by atoms with Gasteiger partial charge >= 0.3 is 0 Å². The topological polar surface area (TPSA) is 48.4 Å². The molecule has 0 unspecified atom stereocenters. The number of furan rings is 1. The number of benzene rings is 1. The lowest BCUT2D eigenvalue weighted by Crippen LogP contribution is -1.91. The maximum Gasteiger partial charge on any atom is 0.136 e. The minimum absolute atomic E-state index is 0.663. The Kier molecular flexibility index (Phi) is 2.86. The maximum atomic E-state index is 5.94. The third kappa shape index (κ3) is 1.89.